The van der Waals surface area contributed by atoms with E-state index >= 15 is 0 Å². The Balaban J connectivity index is 1.84. The van der Waals surface area contributed by atoms with Crippen LogP contribution in [-0.2, 0) is 30.5 Å². The van der Waals surface area contributed by atoms with E-state index in [1.54, 1.807) is 0 Å². The van der Waals surface area contributed by atoms with Crippen molar-refractivity contribution >= 4 is 5.78 Å². The van der Waals surface area contributed by atoms with Crippen molar-refractivity contribution in [2.75, 3.05) is 0 Å². The maximum absolute atomic E-state index is 12.3. The lowest BCUT2D eigenvalue weighted by Crippen LogP contribution is -2.06. The molecule has 128 valence electrons. The maximum atomic E-state index is 12.3. The lowest BCUT2D eigenvalue weighted by atomic mass is 9.99. The highest BCUT2D eigenvalue weighted by molar-refractivity contribution is 5.83. The minimum absolute atomic E-state index is 0.289. The molecule has 1 heteroatoms. The van der Waals surface area contributed by atoms with Gasteiger partial charge in [0.25, 0.3) is 0 Å². The minimum atomic E-state index is 0.289. The topological polar surface area (TPSA) is 17.1 Å². The standard InChI is InChI=1S/C23H30O/c1-3-5-7-19-9-13-21(14-10-19)17-23(24)18-22-15-11-20(12-16-22)8-6-4-2/h9-16H,3-8,17-18H2,1-2H3. The highest BCUT2D eigenvalue weighted by Crippen LogP contribution is 2.12. The summed E-state index contributed by atoms with van der Waals surface area (Å²) in [6.45, 7) is 4.42. The fraction of sp³-hybridized carbons (Fsp3) is 0.435. The van der Waals surface area contributed by atoms with Crippen LogP contribution >= 0.6 is 0 Å². The van der Waals surface area contributed by atoms with Crippen molar-refractivity contribution in [3.8, 4) is 0 Å². The van der Waals surface area contributed by atoms with E-state index in [0.29, 0.717) is 12.8 Å². The van der Waals surface area contributed by atoms with Crippen molar-refractivity contribution in [1.29, 1.82) is 0 Å². The summed E-state index contributed by atoms with van der Waals surface area (Å²) in [7, 11) is 0. The van der Waals surface area contributed by atoms with Gasteiger partial charge in [-0.1, -0.05) is 75.2 Å². The lowest BCUT2D eigenvalue weighted by Gasteiger charge is -2.05. The summed E-state index contributed by atoms with van der Waals surface area (Å²) < 4.78 is 0. The summed E-state index contributed by atoms with van der Waals surface area (Å²) in [4.78, 5) is 12.3. The van der Waals surface area contributed by atoms with Gasteiger partial charge < -0.3 is 0 Å². The van der Waals surface area contributed by atoms with Gasteiger partial charge in [-0.25, -0.2) is 0 Å². The molecule has 0 unspecified atom stereocenters. The predicted octanol–water partition coefficient (Wildman–Crippen LogP) is 5.73. The van der Waals surface area contributed by atoms with Crippen molar-refractivity contribution in [2.45, 2.75) is 65.2 Å². The smallest absolute Gasteiger partial charge is 0.141 e. The molecule has 0 aliphatic rings. The van der Waals surface area contributed by atoms with Gasteiger partial charge in [0, 0.05) is 12.8 Å². The molecule has 0 radical (unpaired) electrons. The molecule has 1 nitrogen and oxygen atoms in total. The molecule has 0 bridgehead atoms. The van der Waals surface area contributed by atoms with Crippen molar-refractivity contribution in [1.82, 2.24) is 0 Å². The van der Waals surface area contributed by atoms with Crippen LogP contribution in [0.1, 0.15) is 61.8 Å². The van der Waals surface area contributed by atoms with Gasteiger partial charge in [-0.05, 0) is 47.9 Å². The Morgan fingerprint density at radius 3 is 1.29 bits per heavy atom. The van der Waals surface area contributed by atoms with Crippen LogP contribution in [0.15, 0.2) is 48.5 Å². The number of rotatable bonds is 10. The third kappa shape index (κ3) is 6.31. The van der Waals surface area contributed by atoms with Crippen molar-refractivity contribution < 1.29 is 4.79 Å². The van der Waals surface area contributed by atoms with Crippen molar-refractivity contribution in [3.05, 3.63) is 70.8 Å². The zero-order valence-electron chi connectivity index (χ0n) is 15.2. The van der Waals surface area contributed by atoms with E-state index in [-0.39, 0.29) is 5.78 Å². The fourth-order valence-electron chi connectivity index (χ4n) is 2.93. The first-order chi connectivity index (χ1) is 11.7. The highest BCUT2D eigenvalue weighted by atomic mass is 16.1. The second-order valence-electron chi connectivity index (χ2n) is 6.73. The fourth-order valence-corrected chi connectivity index (χ4v) is 2.93. The molecule has 0 saturated carbocycles. The van der Waals surface area contributed by atoms with Gasteiger partial charge in [0.2, 0.25) is 0 Å². The average molecular weight is 322 g/mol. The molecule has 0 heterocycles. The summed E-state index contributed by atoms with van der Waals surface area (Å²) in [6.07, 6.45) is 8.23. The molecule has 0 amide bonds. The lowest BCUT2D eigenvalue weighted by molar-refractivity contribution is -0.117. The second-order valence-corrected chi connectivity index (χ2v) is 6.73. The molecule has 0 fully saturated rings. The van der Waals surface area contributed by atoms with E-state index in [4.69, 9.17) is 0 Å². The summed E-state index contributed by atoms with van der Waals surface area (Å²) in [6, 6.07) is 17.1. The van der Waals surface area contributed by atoms with Gasteiger partial charge >= 0.3 is 0 Å². The molecule has 0 N–H and O–H groups in total. The zero-order valence-corrected chi connectivity index (χ0v) is 15.2. The molecule has 0 aliphatic carbocycles. The molecule has 24 heavy (non-hydrogen) atoms. The number of aryl methyl sites for hydroxylation is 2. The van der Waals surface area contributed by atoms with E-state index in [1.807, 2.05) is 0 Å². The van der Waals surface area contributed by atoms with Gasteiger partial charge in [0.1, 0.15) is 5.78 Å². The van der Waals surface area contributed by atoms with E-state index < -0.39 is 0 Å². The molecule has 0 spiro atoms. The summed E-state index contributed by atoms with van der Waals surface area (Å²) in [5.41, 5.74) is 4.99. The Kier molecular flexibility index (Phi) is 7.74. The first-order valence-corrected chi connectivity index (χ1v) is 9.38. The Hall–Kier alpha value is -1.89. The average Bonchev–Trinajstić information content (AvgIpc) is 2.60. The molecule has 2 aromatic carbocycles. The molecule has 0 aliphatic heterocycles. The summed E-state index contributed by atoms with van der Waals surface area (Å²) in [5.74, 6) is 0.289. The predicted molar refractivity (Wildman–Crippen MR) is 103 cm³/mol. The molecule has 0 atom stereocenters. The molecular formula is C23H30O. The van der Waals surface area contributed by atoms with Gasteiger partial charge in [-0.2, -0.15) is 0 Å². The third-order valence-electron chi connectivity index (χ3n) is 4.49. The summed E-state index contributed by atoms with van der Waals surface area (Å²) >= 11 is 0. The Labute approximate surface area is 147 Å². The van der Waals surface area contributed by atoms with E-state index in [0.717, 1.165) is 24.0 Å². The van der Waals surface area contributed by atoms with Crippen LogP contribution in [0.25, 0.3) is 0 Å². The third-order valence-corrected chi connectivity index (χ3v) is 4.49. The molecule has 2 aromatic rings. The first-order valence-electron chi connectivity index (χ1n) is 9.38. The molecule has 0 aromatic heterocycles. The number of unbranched alkanes of at least 4 members (excludes halogenated alkanes) is 2. The molecular weight excluding hydrogens is 292 g/mol. The molecule has 2 rings (SSSR count). The number of Topliss-reactive ketones (excluding diaryl/α,β-unsaturated/α-hetero) is 1. The normalized spacial score (nSPS) is 10.8. The number of benzene rings is 2. The largest absolute Gasteiger partial charge is 0.299 e. The number of carbonyl (C=O) groups is 1. The number of carbonyl (C=O) groups excluding carboxylic acids is 1. The van der Waals surface area contributed by atoms with Crippen molar-refractivity contribution in [2.24, 2.45) is 0 Å². The number of hydrogen-bond donors (Lipinski definition) is 0. The quantitative estimate of drug-likeness (QED) is 0.546. The van der Waals surface area contributed by atoms with Gasteiger partial charge in [0.05, 0.1) is 0 Å². The van der Waals surface area contributed by atoms with Gasteiger partial charge in [0.15, 0.2) is 0 Å². The van der Waals surface area contributed by atoms with Crippen LogP contribution < -0.4 is 0 Å². The van der Waals surface area contributed by atoms with Crippen LogP contribution in [0, 0.1) is 0 Å². The molecule has 0 saturated heterocycles. The van der Waals surface area contributed by atoms with Crippen LogP contribution in [0.4, 0.5) is 0 Å². The van der Waals surface area contributed by atoms with E-state index in [9.17, 15) is 4.79 Å². The maximum Gasteiger partial charge on any atom is 0.141 e. The van der Waals surface area contributed by atoms with Crippen LogP contribution in [-0.4, -0.2) is 5.78 Å². The highest BCUT2D eigenvalue weighted by Gasteiger charge is 2.06. The van der Waals surface area contributed by atoms with E-state index in [1.165, 1.54) is 36.8 Å². The summed E-state index contributed by atoms with van der Waals surface area (Å²) in [5, 5.41) is 0. The Morgan fingerprint density at radius 1 is 0.625 bits per heavy atom. The Bertz CT molecular complexity index is 552. The zero-order chi connectivity index (χ0) is 17.2. The Morgan fingerprint density at radius 2 is 0.958 bits per heavy atom. The van der Waals surface area contributed by atoms with Crippen molar-refractivity contribution in [3.63, 3.8) is 0 Å². The monoisotopic (exact) mass is 322 g/mol. The first kappa shape index (κ1) is 18.4. The number of ketones is 1. The van der Waals surface area contributed by atoms with Crippen LogP contribution in [0.5, 0.6) is 0 Å². The van der Waals surface area contributed by atoms with E-state index in [2.05, 4.69) is 62.4 Å². The van der Waals surface area contributed by atoms with Crippen LogP contribution in [0.2, 0.25) is 0 Å². The SMILES string of the molecule is CCCCc1ccc(CC(=O)Cc2ccc(CCCC)cc2)cc1. The van der Waals surface area contributed by atoms with Crippen LogP contribution in [0.3, 0.4) is 0 Å². The number of hydrogen-bond acceptors (Lipinski definition) is 1. The second kappa shape index (κ2) is 10.1. The minimum Gasteiger partial charge on any atom is -0.299 e. The van der Waals surface area contributed by atoms with Gasteiger partial charge in [-0.3, -0.25) is 4.79 Å². The van der Waals surface area contributed by atoms with Gasteiger partial charge in [-0.15, -0.1) is 0 Å².